The number of unbranched alkanes of at least 4 members (excludes halogenated alkanes) is 36. The van der Waals surface area contributed by atoms with E-state index in [0.29, 0.717) is 17.7 Å². The van der Waals surface area contributed by atoms with Crippen molar-refractivity contribution in [1.29, 1.82) is 0 Å². The second-order valence-corrected chi connectivity index (χ2v) is 31.6. The van der Waals surface area contributed by atoms with Crippen molar-refractivity contribution < 1.29 is 0 Å². The van der Waals surface area contributed by atoms with E-state index in [4.69, 9.17) is 15.0 Å². The minimum absolute atomic E-state index is 0.585. The van der Waals surface area contributed by atoms with E-state index in [1.807, 2.05) is 0 Å². The second-order valence-electron chi connectivity index (χ2n) is 24.8. The molecule has 0 saturated heterocycles. The highest BCUT2D eigenvalue weighted by atomic mass is 32.2. The summed E-state index contributed by atoms with van der Waals surface area (Å²) in [6.07, 6.45) is 56.2. The lowest BCUT2D eigenvalue weighted by molar-refractivity contribution is 0.603. The summed E-state index contributed by atoms with van der Waals surface area (Å²) in [7, 11) is 0. The summed E-state index contributed by atoms with van der Waals surface area (Å²) >= 11 is 12.6. The average molecular weight is 1300 g/mol. The maximum atomic E-state index is 5.31. The predicted molar refractivity (Wildman–Crippen MR) is 402 cm³/mol. The number of hydrogen-bond donors (Lipinski definition) is 2. The molecule has 0 unspecified atom stereocenters. The van der Waals surface area contributed by atoms with Crippen LogP contribution in [0, 0.1) is 6.92 Å². The lowest BCUT2D eigenvalue weighted by Crippen LogP contribution is -2.06. The van der Waals surface area contributed by atoms with Gasteiger partial charge in [0.05, 0.1) is 0 Å². The molecular weight excluding hydrogens is 1180 g/mol. The van der Waals surface area contributed by atoms with Crippen LogP contribution in [0.5, 0.6) is 0 Å². The largest absolute Gasteiger partial charge is 0.324 e. The first-order chi connectivity index (χ1) is 42.9. The van der Waals surface area contributed by atoms with Gasteiger partial charge in [-0.2, -0.15) is 15.0 Å². The lowest BCUT2D eigenvalue weighted by Gasteiger charge is -2.19. The summed E-state index contributed by atoms with van der Waals surface area (Å²) in [5, 5.41) is 7.72. The molecule has 5 nitrogen and oxygen atoms in total. The minimum atomic E-state index is 0.585. The van der Waals surface area contributed by atoms with Crippen LogP contribution in [0.2, 0.25) is 0 Å². The Kier molecular flexibility index (Phi) is 48.2. The van der Waals surface area contributed by atoms with E-state index in [2.05, 4.69) is 178 Å². The average Bonchev–Trinajstić information content (AvgIpc) is 2.55. The molecule has 1 heterocycles. The molecule has 0 amide bonds. The number of hydrogen-bond acceptors (Lipinski definition) is 11. The molecule has 492 valence electrons. The van der Waals surface area contributed by atoms with Crippen molar-refractivity contribution in [1.82, 2.24) is 15.0 Å². The Morgan fingerprint density at radius 1 is 0.276 bits per heavy atom. The van der Waals surface area contributed by atoms with Crippen LogP contribution in [0.3, 0.4) is 0 Å². The first-order valence-corrected chi connectivity index (χ1v) is 42.3. The highest BCUT2D eigenvalue weighted by Crippen LogP contribution is 2.45. The monoisotopic (exact) mass is 1300 g/mol. The van der Waals surface area contributed by atoms with Gasteiger partial charge < -0.3 is 10.6 Å². The zero-order valence-electron chi connectivity index (χ0n) is 56.9. The van der Waals surface area contributed by atoms with Crippen LogP contribution < -0.4 is 10.6 Å². The molecule has 4 rings (SSSR count). The maximum Gasteiger partial charge on any atom is 0.232 e. The van der Waals surface area contributed by atoms with E-state index >= 15 is 0 Å². The van der Waals surface area contributed by atoms with E-state index in [9.17, 15) is 0 Å². The molecule has 0 spiro atoms. The Hall–Kier alpha value is -1.63. The number of anilines is 4. The lowest BCUT2D eigenvalue weighted by atomic mass is 10.1. The number of rotatable bonds is 59. The number of benzene rings is 3. The van der Waals surface area contributed by atoms with Gasteiger partial charge in [0.25, 0.3) is 0 Å². The van der Waals surface area contributed by atoms with Crippen LogP contribution in [0.4, 0.5) is 23.3 Å². The Balaban J connectivity index is 1.75. The predicted octanol–water partition coefficient (Wildman–Crippen LogP) is 28.4. The van der Waals surface area contributed by atoms with Gasteiger partial charge in [0, 0.05) is 46.3 Å². The standard InChI is InChI=1S/C76H127N5S6/c1-8-14-20-26-32-38-44-54-82-68-60-66(61-69(83-55-45-39-33-27-21-15-9-2)72(68)86-58-48-42-36-30-24-18-12-5)77-75-79-74(65-52-50-64(7)51-53-65)80-76(81-75)78-67-62-70(84-56-46-40-34-28-22-16-10-3)73(87-59-49-43-37-31-25-19-13-6)71(63-67)85-57-47-41-35-29-23-17-11-4/h50-53,60-63H,8-49,54-59H2,1-7H3,(H2,77,78,79,80,81). The molecule has 2 N–H and O–H groups in total. The molecule has 0 radical (unpaired) electrons. The summed E-state index contributed by atoms with van der Waals surface area (Å²) in [4.78, 5) is 24.5. The smallest absolute Gasteiger partial charge is 0.232 e. The molecule has 1 aromatic heterocycles. The Morgan fingerprint density at radius 3 is 0.759 bits per heavy atom. The van der Waals surface area contributed by atoms with Crippen LogP contribution in [-0.2, 0) is 0 Å². The van der Waals surface area contributed by atoms with E-state index in [-0.39, 0.29) is 0 Å². The third-order valence-electron chi connectivity index (χ3n) is 16.5. The van der Waals surface area contributed by atoms with Crippen LogP contribution in [0.1, 0.15) is 317 Å². The van der Waals surface area contributed by atoms with Gasteiger partial charge in [-0.1, -0.05) is 303 Å². The highest BCUT2D eigenvalue weighted by molar-refractivity contribution is 8.04. The molecule has 3 aromatic carbocycles. The molecule has 0 aliphatic carbocycles. The van der Waals surface area contributed by atoms with Gasteiger partial charge in [-0.3, -0.25) is 0 Å². The van der Waals surface area contributed by atoms with Gasteiger partial charge in [-0.25, -0.2) is 0 Å². The first-order valence-electron chi connectivity index (χ1n) is 36.4. The van der Waals surface area contributed by atoms with Gasteiger partial charge in [-0.05, 0) is 104 Å². The zero-order chi connectivity index (χ0) is 61.9. The SMILES string of the molecule is CCCCCCCCCSc1cc(Nc2nc(Nc3cc(SCCCCCCCCC)c(SCCCCCCCCC)c(SCCCCCCCCC)c3)nc(-c3ccc(C)cc3)n2)cc(SCCCCCCCCC)c1SCCCCCCCCC. The molecule has 0 atom stereocenters. The second kappa shape index (κ2) is 53.8. The summed E-state index contributed by atoms with van der Waals surface area (Å²) in [5.41, 5.74) is 4.37. The van der Waals surface area contributed by atoms with Gasteiger partial charge in [0.15, 0.2) is 5.82 Å². The molecule has 87 heavy (non-hydrogen) atoms. The van der Waals surface area contributed by atoms with Crippen molar-refractivity contribution in [3.8, 4) is 11.4 Å². The van der Waals surface area contributed by atoms with Crippen molar-refractivity contribution in [3.05, 3.63) is 54.1 Å². The molecule has 11 heteroatoms. The van der Waals surface area contributed by atoms with Crippen molar-refractivity contribution in [2.24, 2.45) is 0 Å². The molecule has 0 fully saturated rings. The van der Waals surface area contributed by atoms with Crippen LogP contribution >= 0.6 is 70.6 Å². The van der Waals surface area contributed by atoms with Crippen LogP contribution in [-0.4, -0.2) is 49.5 Å². The molecule has 0 aliphatic rings. The van der Waals surface area contributed by atoms with E-state index < -0.39 is 0 Å². The van der Waals surface area contributed by atoms with Crippen molar-refractivity contribution in [2.75, 3.05) is 45.2 Å². The fourth-order valence-electron chi connectivity index (χ4n) is 11.0. The summed E-state index contributed by atoms with van der Waals surface area (Å²) in [5.74, 6) is 8.80. The minimum Gasteiger partial charge on any atom is -0.324 e. The molecule has 0 bridgehead atoms. The molecule has 0 aliphatic heterocycles. The normalized spacial score (nSPS) is 11.6. The third kappa shape index (κ3) is 37.0. The van der Waals surface area contributed by atoms with Crippen LogP contribution in [0.25, 0.3) is 11.4 Å². The Labute approximate surface area is 562 Å². The topological polar surface area (TPSA) is 62.7 Å². The van der Waals surface area contributed by atoms with E-state index in [1.165, 1.54) is 316 Å². The fraction of sp³-hybridized carbons (Fsp3) is 0.724. The summed E-state index contributed by atoms with van der Waals surface area (Å²) in [6.45, 7) is 16.1. The van der Waals surface area contributed by atoms with Gasteiger partial charge in [-0.15, -0.1) is 70.6 Å². The fourth-order valence-corrected chi connectivity index (χ4v) is 18.6. The first kappa shape index (κ1) is 77.8. The van der Waals surface area contributed by atoms with Gasteiger partial charge >= 0.3 is 0 Å². The Bertz CT molecular complexity index is 2060. The van der Waals surface area contributed by atoms with Crippen molar-refractivity contribution >= 4 is 93.8 Å². The zero-order valence-corrected chi connectivity index (χ0v) is 61.8. The van der Waals surface area contributed by atoms with Crippen LogP contribution in [0.15, 0.2) is 77.9 Å². The van der Waals surface area contributed by atoms with E-state index in [0.717, 1.165) is 39.9 Å². The Morgan fingerprint density at radius 2 is 0.506 bits per heavy atom. The number of nitrogens with one attached hydrogen (secondary N) is 2. The van der Waals surface area contributed by atoms with Gasteiger partial charge in [0.1, 0.15) is 0 Å². The number of thioether (sulfide) groups is 6. The number of aromatic nitrogens is 3. The molecular formula is C76H127N5S6. The molecule has 4 aromatic rings. The number of aryl methyl sites for hydroxylation is 1. The quantitative estimate of drug-likeness (QED) is 0.0328. The number of nitrogens with zero attached hydrogens (tertiary/aromatic N) is 3. The summed E-state index contributed by atoms with van der Waals surface area (Å²) in [6, 6.07) is 18.4. The molecule has 0 saturated carbocycles. The van der Waals surface area contributed by atoms with Crippen molar-refractivity contribution in [2.45, 2.75) is 348 Å². The van der Waals surface area contributed by atoms with Crippen molar-refractivity contribution in [3.63, 3.8) is 0 Å². The summed E-state index contributed by atoms with van der Waals surface area (Å²) < 4.78 is 0. The van der Waals surface area contributed by atoms with E-state index in [1.54, 1.807) is 0 Å². The van der Waals surface area contributed by atoms with Gasteiger partial charge in [0.2, 0.25) is 11.9 Å². The highest BCUT2D eigenvalue weighted by Gasteiger charge is 2.19. The maximum absolute atomic E-state index is 5.31. The third-order valence-corrected chi connectivity index (χ3v) is 24.0.